The lowest BCUT2D eigenvalue weighted by Crippen LogP contribution is -1.90. The van der Waals surface area contributed by atoms with Crippen molar-refractivity contribution in [2.24, 2.45) is 0 Å². The molecule has 2 nitrogen and oxygen atoms in total. The molecule has 0 aliphatic heterocycles. The van der Waals surface area contributed by atoms with Gasteiger partial charge in [-0.25, -0.2) is 4.98 Å². The average molecular weight is 409 g/mol. The Labute approximate surface area is 186 Å². The summed E-state index contributed by atoms with van der Waals surface area (Å²) in [7, 11) is 0. The van der Waals surface area contributed by atoms with E-state index in [2.05, 4.69) is 114 Å². The molecule has 6 aromatic rings. The lowest BCUT2D eigenvalue weighted by atomic mass is 9.94. The van der Waals surface area contributed by atoms with Crippen LogP contribution in [0.2, 0.25) is 0 Å². The molecule has 0 spiro atoms. The third-order valence-corrected chi connectivity index (χ3v) is 5.88. The summed E-state index contributed by atoms with van der Waals surface area (Å²) in [6.07, 6.45) is 1.83. The van der Waals surface area contributed by atoms with Crippen LogP contribution in [0.3, 0.4) is 0 Å². The topological polar surface area (TPSA) is 25.8 Å². The van der Waals surface area contributed by atoms with Crippen molar-refractivity contribution < 1.29 is 0 Å². The summed E-state index contributed by atoms with van der Waals surface area (Å²) in [4.78, 5) is 9.69. The van der Waals surface area contributed by atoms with Crippen molar-refractivity contribution in [3.63, 3.8) is 0 Å². The molecule has 0 bridgehead atoms. The highest BCUT2D eigenvalue weighted by molar-refractivity contribution is 6.03. The number of benzene rings is 4. The van der Waals surface area contributed by atoms with Gasteiger partial charge in [-0.3, -0.25) is 4.98 Å². The molecule has 0 radical (unpaired) electrons. The minimum Gasteiger partial charge on any atom is -0.254 e. The highest BCUT2D eigenvalue weighted by Crippen LogP contribution is 2.33. The standard InChI is InChI=1S/C30H20N2/c1-3-8-21(9-4-1)25-18-26(22-10-5-2-6-11-22)20-27(19-25)28-16-15-24-14-13-23-12-7-17-31-29(23)30(24)32-28/h1-20H. The summed E-state index contributed by atoms with van der Waals surface area (Å²) >= 11 is 0. The highest BCUT2D eigenvalue weighted by atomic mass is 14.7. The first-order valence-corrected chi connectivity index (χ1v) is 10.8. The molecule has 4 aromatic carbocycles. The second kappa shape index (κ2) is 7.75. The van der Waals surface area contributed by atoms with Gasteiger partial charge in [0.25, 0.3) is 0 Å². The van der Waals surface area contributed by atoms with Crippen molar-refractivity contribution in [1.29, 1.82) is 0 Å². The van der Waals surface area contributed by atoms with E-state index >= 15 is 0 Å². The zero-order valence-corrected chi connectivity index (χ0v) is 17.4. The Morgan fingerprint density at radius 3 is 1.62 bits per heavy atom. The van der Waals surface area contributed by atoms with Crippen molar-refractivity contribution in [3.05, 3.63) is 121 Å². The van der Waals surface area contributed by atoms with Crippen molar-refractivity contribution in [3.8, 4) is 33.5 Å². The van der Waals surface area contributed by atoms with Crippen molar-refractivity contribution in [1.82, 2.24) is 9.97 Å². The van der Waals surface area contributed by atoms with Gasteiger partial charge in [-0.1, -0.05) is 84.9 Å². The van der Waals surface area contributed by atoms with E-state index in [1.807, 2.05) is 12.3 Å². The van der Waals surface area contributed by atoms with Crippen molar-refractivity contribution in [2.45, 2.75) is 0 Å². The minimum absolute atomic E-state index is 0.937. The molecule has 32 heavy (non-hydrogen) atoms. The van der Waals surface area contributed by atoms with E-state index in [4.69, 9.17) is 4.98 Å². The maximum Gasteiger partial charge on any atom is 0.0972 e. The molecule has 2 aromatic heterocycles. The number of aromatic nitrogens is 2. The van der Waals surface area contributed by atoms with Gasteiger partial charge in [0.1, 0.15) is 0 Å². The largest absolute Gasteiger partial charge is 0.254 e. The summed E-state index contributed by atoms with van der Waals surface area (Å²) in [5.74, 6) is 0. The van der Waals surface area contributed by atoms with Crippen molar-refractivity contribution >= 4 is 21.8 Å². The first-order chi connectivity index (χ1) is 15.8. The average Bonchev–Trinajstić information content (AvgIpc) is 2.89. The fraction of sp³-hybridized carbons (Fsp3) is 0. The number of nitrogens with zero attached hydrogens (tertiary/aromatic N) is 2. The quantitative estimate of drug-likeness (QED) is 0.279. The Morgan fingerprint density at radius 2 is 0.969 bits per heavy atom. The monoisotopic (exact) mass is 408 g/mol. The molecular weight excluding hydrogens is 388 g/mol. The van der Waals surface area contributed by atoms with E-state index in [0.717, 1.165) is 33.1 Å². The second-order valence-corrected chi connectivity index (χ2v) is 7.94. The SMILES string of the molecule is c1ccc(-c2cc(-c3ccccc3)cc(-c3ccc4ccc5cccnc5c4n3)c2)cc1. The van der Waals surface area contributed by atoms with Gasteiger partial charge in [0.15, 0.2) is 0 Å². The Bertz CT molecular complexity index is 1500. The molecule has 0 aliphatic carbocycles. The zero-order valence-electron chi connectivity index (χ0n) is 17.4. The van der Waals surface area contributed by atoms with Crippen LogP contribution < -0.4 is 0 Å². The molecule has 0 fully saturated rings. The molecule has 0 atom stereocenters. The van der Waals surface area contributed by atoms with Crippen LogP contribution in [0.1, 0.15) is 0 Å². The zero-order chi connectivity index (χ0) is 21.3. The lowest BCUT2D eigenvalue weighted by Gasteiger charge is -2.12. The van der Waals surface area contributed by atoms with Gasteiger partial charge in [-0.2, -0.15) is 0 Å². The van der Waals surface area contributed by atoms with Crippen LogP contribution in [0.5, 0.6) is 0 Å². The molecule has 2 heteroatoms. The van der Waals surface area contributed by atoms with Crippen LogP contribution in [0.4, 0.5) is 0 Å². The molecule has 0 saturated carbocycles. The van der Waals surface area contributed by atoms with E-state index in [1.165, 1.54) is 22.3 Å². The summed E-state index contributed by atoms with van der Waals surface area (Å²) in [5, 5.41) is 2.20. The highest BCUT2D eigenvalue weighted by Gasteiger charge is 2.10. The van der Waals surface area contributed by atoms with E-state index < -0.39 is 0 Å². The summed E-state index contributed by atoms with van der Waals surface area (Å²) < 4.78 is 0. The first kappa shape index (κ1) is 18.5. The van der Waals surface area contributed by atoms with E-state index in [1.54, 1.807) is 0 Å². The van der Waals surface area contributed by atoms with Crippen molar-refractivity contribution in [2.75, 3.05) is 0 Å². The molecule has 0 saturated heterocycles. The van der Waals surface area contributed by atoms with E-state index in [-0.39, 0.29) is 0 Å². The van der Waals surface area contributed by atoms with Crippen LogP contribution in [0.25, 0.3) is 55.3 Å². The number of fused-ring (bicyclic) bond motifs is 3. The predicted octanol–water partition coefficient (Wildman–Crippen LogP) is 7.78. The first-order valence-electron chi connectivity index (χ1n) is 10.8. The fourth-order valence-electron chi connectivity index (χ4n) is 4.25. The van der Waals surface area contributed by atoms with Gasteiger partial charge in [0.05, 0.1) is 16.7 Å². The van der Waals surface area contributed by atoms with Gasteiger partial charge in [0, 0.05) is 22.5 Å². The molecule has 0 N–H and O–H groups in total. The molecule has 6 rings (SSSR count). The molecule has 0 aliphatic rings. The number of rotatable bonds is 3. The molecule has 0 unspecified atom stereocenters. The summed E-state index contributed by atoms with van der Waals surface area (Å²) in [6, 6.07) is 40.3. The third kappa shape index (κ3) is 3.32. The van der Waals surface area contributed by atoms with Gasteiger partial charge in [-0.05, 0) is 52.6 Å². The predicted molar refractivity (Wildman–Crippen MR) is 133 cm³/mol. The maximum absolute atomic E-state index is 5.08. The van der Waals surface area contributed by atoms with E-state index in [9.17, 15) is 0 Å². The normalized spacial score (nSPS) is 11.1. The molecule has 150 valence electrons. The van der Waals surface area contributed by atoms with Gasteiger partial charge in [-0.15, -0.1) is 0 Å². The van der Waals surface area contributed by atoms with Gasteiger partial charge < -0.3 is 0 Å². The van der Waals surface area contributed by atoms with Crippen LogP contribution in [-0.4, -0.2) is 9.97 Å². The maximum atomic E-state index is 5.08. The molecular formula is C30H20N2. The summed E-state index contributed by atoms with van der Waals surface area (Å²) in [5.41, 5.74) is 8.67. The molecule has 2 heterocycles. The van der Waals surface area contributed by atoms with E-state index in [0.29, 0.717) is 0 Å². The number of hydrogen-bond acceptors (Lipinski definition) is 2. The van der Waals surface area contributed by atoms with Gasteiger partial charge >= 0.3 is 0 Å². The lowest BCUT2D eigenvalue weighted by molar-refractivity contribution is 1.37. The Balaban J connectivity index is 1.59. The fourth-order valence-corrected chi connectivity index (χ4v) is 4.25. The van der Waals surface area contributed by atoms with Crippen LogP contribution >= 0.6 is 0 Å². The second-order valence-electron chi connectivity index (χ2n) is 7.94. The van der Waals surface area contributed by atoms with Crippen LogP contribution in [0, 0.1) is 0 Å². The van der Waals surface area contributed by atoms with Crippen LogP contribution in [-0.2, 0) is 0 Å². The van der Waals surface area contributed by atoms with Gasteiger partial charge in [0.2, 0.25) is 0 Å². The minimum atomic E-state index is 0.937. The smallest absolute Gasteiger partial charge is 0.0972 e. The van der Waals surface area contributed by atoms with Crippen LogP contribution in [0.15, 0.2) is 121 Å². The number of hydrogen-bond donors (Lipinski definition) is 0. The Hall–Kier alpha value is -4.30. The molecule has 0 amide bonds. The Morgan fingerprint density at radius 1 is 0.406 bits per heavy atom. The third-order valence-electron chi connectivity index (χ3n) is 5.88. The Kier molecular flexibility index (Phi) is 4.47. The summed E-state index contributed by atoms with van der Waals surface area (Å²) in [6.45, 7) is 0. The number of pyridine rings is 2.